The van der Waals surface area contributed by atoms with E-state index in [4.69, 9.17) is 0 Å². The number of rotatable bonds is 4. The maximum Gasteiger partial charge on any atom is 0.254 e. The zero-order chi connectivity index (χ0) is 18.1. The molecule has 1 fully saturated rings. The van der Waals surface area contributed by atoms with Crippen LogP contribution >= 0.6 is 0 Å². The van der Waals surface area contributed by atoms with Crippen LogP contribution in [0.4, 0.5) is 0 Å². The van der Waals surface area contributed by atoms with Crippen molar-refractivity contribution in [3.63, 3.8) is 0 Å². The molecule has 1 aliphatic carbocycles. The Morgan fingerprint density at radius 2 is 2.08 bits per heavy atom. The molecule has 0 unspecified atom stereocenters. The molecule has 7 nitrogen and oxygen atoms in total. The molecule has 1 aromatic carbocycles. The van der Waals surface area contributed by atoms with Gasteiger partial charge in [-0.05, 0) is 31.0 Å². The Hall–Kier alpha value is -2.19. The van der Waals surface area contributed by atoms with Gasteiger partial charge >= 0.3 is 0 Å². The van der Waals surface area contributed by atoms with E-state index in [-0.39, 0.29) is 16.8 Å². The number of fused-ring (bicyclic) bond motifs is 1. The number of benzene rings is 1. The van der Waals surface area contributed by atoms with Crippen LogP contribution in [0.1, 0.15) is 47.3 Å². The Kier molecular flexibility index (Phi) is 4.54. The molecule has 0 bridgehead atoms. The molecule has 2 aromatic rings. The number of amides is 1. The zero-order valence-electron chi connectivity index (χ0n) is 14.4. The second kappa shape index (κ2) is 6.85. The Bertz CT molecular complexity index is 916. The highest BCUT2D eigenvalue weighted by Gasteiger charge is 2.26. The summed E-state index contributed by atoms with van der Waals surface area (Å²) in [4.78, 5) is 14.7. The lowest BCUT2D eigenvalue weighted by Gasteiger charge is -2.26. The number of aromatic amines is 1. The maximum absolute atomic E-state index is 12.8. The number of nitrogens with one attached hydrogen (secondary N) is 2. The van der Waals surface area contributed by atoms with E-state index in [1.165, 1.54) is 6.07 Å². The van der Waals surface area contributed by atoms with Gasteiger partial charge in [0.25, 0.3) is 5.91 Å². The first kappa shape index (κ1) is 17.2. The first-order chi connectivity index (χ1) is 12.5. The van der Waals surface area contributed by atoms with Gasteiger partial charge in [-0.25, -0.2) is 13.1 Å². The van der Waals surface area contributed by atoms with Crippen LogP contribution in [-0.2, 0) is 23.0 Å². The summed E-state index contributed by atoms with van der Waals surface area (Å²) in [6.07, 6.45) is 6.31. The number of H-pyrrole nitrogens is 1. The predicted octanol–water partition coefficient (Wildman–Crippen LogP) is 1.83. The van der Waals surface area contributed by atoms with Crippen molar-refractivity contribution in [2.45, 2.75) is 49.6 Å². The molecular formula is C18H22N4O3S. The zero-order valence-corrected chi connectivity index (χ0v) is 15.3. The highest BCUT2D eigenvalue weighted by Crippen LogP contribution is 2.22. The van der Waals surface area contributed by atoms with Gasteiger partial charge in [0.1, 0.15) is 0 Å². The molecule has 1 saturated carbocycles. The summed E-state index contributed by atoms with van der Waals surface area (Å²) in [7, 11) is -3.61. The lowest BCUT2D eigenvalue weighted by Crippen LogP contribution is -2.36. The molecule has 4 rings (SSSR count). The summed E-state index contributed by atoms with van der Waals surface area (Å²) >= 11 is 0. The van der Waals surface area contributed by atoms with Gasteiger partial charge in [-0.3, -0.25) is 9.89 Å². The SMILES string of the molecule is O=C(c1cccc(S(=O)(=O)NC2CCCC2)c1)N1CCc2[nH]ncc2C1. The standard InChI is InChI=1S/C18H22N4O3S/c23-18(22-9-8-17-14(12-22)11-19-20-17)13-4-3-7-16(10-13)26(24,25)21-15-5-1-2-6-15/h3-4,7,10-11,15,21H,1-2,5-6,8-9,12H2,(H,19,20). The molecule has 1 aromatic heterocycles. The monoisotopic (exact) mass is 374 g/mol. The molecule has 0 spiro atoms. The highest BCUT2D eigenvalue weighted by molar-refractivity contribution is 7.89. The quantitative estimate of drug-likeness (QED) is 0.853. The summed E-state index contributed by atoms with van der Waals surface area (Å²) in [5, 5.41) is 6.96. The second-order valence-electron chi connectivity index (χ2n) is 6.98. The van der Waals surface area contributed by atoms with Crippen molar-refractivity contribution in [3.05, 3.63) is 47.3 Å². The first-order valence-corrected chi connectivity index (χ1v) is 10.4. The Labute approximate surface area is 152 Å². The summed E-state index contributed by atoms with van der Waals surface area (Å²) in [6, 6.07) is 6.31. The van der Waals surface area contributed by atoms with Gasteiger partial charge in [-0.15, -0.1) is 0 Å². The fourth-order valence-electron chi connectivity index (χ4n) is 3.71. The molecule has 0 atom stereocenters. The molecule has 0 radical (unpaired) electrons. The largest absolute Gasteiger partial charge is 0.334 e. The van der Waals surface area contributed by atoms with Crippen LogP contribution in [0.3, 0.4) is 0 Å². The highest BCUT2D eigenvalue weighted by atomic mass is 32.2. The molecule has 2 N–H and O–H groups in total. The van der Waals surface area contributed by atoms with Crippen molar-refractivity contribution in [2.24, 2.45) is 0 Å². The van der Waals surface area contributed by atoms with Crippen LogP contribution in [0.25, 0.3) is 0 Å². The van der Waals surface area contributed by atoms with Crippen molar-refractivity contribution in [2.75, 3.05) is 6.54 Å². The lowest BCUT2D eigenvalue weighted by molar-refractivity contribution is 0.0734. The summed E-state index contributed by atoms with van der Waals surface area (Å²) in [6.45, 7) is 1.08. The number of nitrogens with zero attached hydrogens (tertiary/aromatic N) is 2. The first-order valence-electron chi connectivity index (χ1n) is 8.96. The average molecular weight is 374 g/mol. The minimum absolute atomic E-state index is 0.000893. The van der Waals surface area contributed by atoms with Crippen molar-refractivity contribution >= 4 is 15.9 Å². The third-order valence-electron chi connectivity index (χ3n) is 5.16. The summed E-state index contributed by atoms with van der Waals surface area (Å²) in [5.74, 6) is -0.158. The van der Waals surface area contributed by atoms with Gasteiger partial charge in [0.05, 0.1) is 11.1 Å². The van der Waals surface area contributed by atoms with Gasteiger partial charge in [0, 0.05) is 42.4 Å². The van der Waals surface area contributed by atoms with Crippen LogP contribution in [0.15, 0.2) is 35.4 Å². The average Bonchev–Trinajstić information content (AvgIpc) is 3.31. The van der Waals surface area contributed by atoms with E-state index in [1.807, 2.05) is 0 Å². The van der Waals surface area contributed by atoms with Crippen molar-refractivity contribution < 1.29 is 13.2 Å². The van der Waals surface area contributed by atoms with Gasteiger partial charge in [-0.1, -0.05) is 18.9 Å². The van der Waals surface area contributed by atoms with Crippen molar-refractivity contribution in [1.29, 1.82) is 0 Å². The van der Waals surface area contributed by atoms with Crippen LogP contribution < -0.4 is 4.72 Å². The third-order valence-corrected chi connectivity index (χ3v) is 6.67. The number of sulfonamides is 1. The third kappa shape index (κ3) is 3.39. The van der Waals surface area contributed by atoms with Gasteiger partial charge in [-0.2, -0.15) is 5.10 Å². The number of carbonyl (C=O) groups is 1. The van der Waals surface area contributed by atoms with E-state index >= 15 is 0 Å². The fourth-order valence-corrected chi connectivity index (χ4v) is 5.06. The summed E-state index contributed by atoms with van der Waals surface area (Å²) in [5.41, 5.74) is 2.47. The van der Waals surface area contributed by atoms with E-state index in [2.05, 4.69) is 14.9 Å². The number of carbonyl (C=O) groups excluding carboxylic acids is 1. The van der Waals surface area contributed by atoms with Crippen LogP contribution in [0, 0.1) is 0 Å². The lowest BCUT2D eigenvalue weighted by atomic mass is 10.1. The maximum atomic E-state index is 12.8. The molecule has 1 amide bonds. The molecule has 0 saturated heterocycles. The summed E-state index contributed by atoms with van der Waals surface area (Å²) < 4.78 is 28.0. The predicted molar refractivity (Wildman–Crippen MR) is 96.1 cm³/mol. The van der Waals surface area contributed by atoms with Gasteiger partial charge in [0.15, 0.2) is 0 Å². The Morgan fingerprint density at radius 3 is 2.88 bits per heavy atom. The normalized spacial score (nSPS) is 18.1. The Morgan fingerprint density at radius 1 is 1.27 bits per heavy atom. The van der Waals surface area contributed by atoms with E-state index in [0.29, 0.717) is 18.7 Å². The molecule has 26 heavy (non-hydrogen) atoms. The number of hydrogen-bond acceptors (Lipinski definition) is 4. The van der Waals surface area contributed by atoms with Crippen LogP contribution in [-0.4, -0.2) is 42.0 Å². The molecule has 138 valence electrons. The van der Waals surface area contributed by atoms with Crippen molar-refractivity contribution in [3.8, 4) is 0 Å². The van der Waals surface area contributed by atoms with E-state index in [0.717, 1.165) is 43.4 Å². The molecular weight excluding hydrogens is 352 g/mol. The molecule has 2 heterocycles. The molecule has 1 aliphatic heterocycles. The molecule has 8 heteroatoms. The fraction of sp³-hybridized carbons (Fsp3) is 0.444. The van der Waals surface area contributed by atoms with Crippen LogP contribution in [0.2, 0.25) is 0 Å². The second-order valence-corrected chi connectivity index (χ2v) is 8.69. The number of aromatic nitrogens is 2. The smallest absolute Gasteiger partial charge is 0.254 e. The minimum atomic E-state index is -3.61. The van der Waals surface area contributed by atoms with Gasteiger partial charge in [0.2, 0.25) is 10.0 Å². The van der Waals surface area contributed by atoms with Crippen molar-refractivity contribution in [1.82, 2.24) is 19.8 Å². The molecule has 2 aliphatic rings. The van der Waals surface area contributed by atoms with Gasteiger partial charge < -0.3 is 4.90 Å². The topological polar surface area (TPSA) is 95.2 Å². The van der Waals surface area contributed by atoms with E-state index in [1.54, 1.807) is 29.3 Å². The Balaban J connectivity index is 1.53. The number of hydrogen-bond donors (Lipinski definition) is 2. The van der Waals surface area contributed by atoms with E-state index in [9.17, 15) is 13.2 Å². The van der Waals surface area contributed by atoms with E-state index < -0.39 is 10.0 Å². The van der Waals surface area contributed by atoms with Crippen LogP contribution in [0.5, 0.6) is 0 Å². The minimum Gasteiger partial charge on any atom is -0.334 e.